The molecule has 0 amide bonds. The highest BCUT2D eigenvalue weighted by atomic mass is 16.4. The van der Waals surface area contributed by atoms with Crippen molar-refractivity contribution in [2.75, 3.05) is 12.4 Å². The maximum Gasteiger partial charge on any atom is 0.307 e. The van der Waals surface area contributed by atoms with Crippen molar-refractivity contribution < 1.29 is 9.90 Å². The average Bonchev–Trinajstić information content (AvgIpc) is 2.85. The zero-order chi connectivity index (χ0) is 10.3. The van der Waals surface area contributed by atoms with Crippen LogP contribution in [0.25, 0.3) is 0 Å². The van der Waals surface area contributed by atoms with Crippen LogP contribution in [0.1, 0.15) is 18.2 Å². The van der Waals surface area contributed by atoms with Gasteiger partial charge in [0.25, 0.3) is 0 Å². The second kappa shape index (κ2) is 2.97. The monoisotopic (exact) mass is 196 g/mol. The summed E-state index contributed by atoms with van der Waals surface area (Å²) in [6.45, 7) is 0. The van der Waals surface area contributed by atoms with Gasteiger partial charge in [-0.3, -0.25) is 4.79 Å². The van der Waals surface area contributed by atoms with Gasteiger partial charge in [-0.05, 0) is 6.42 Å². The van der Waals surface area contributed by atoms with Gasteiger partial charge in [0.15, 0.2) is 0 Å². The molecule has 14 heavy (non-hydrogen) atoms. The van der Waals surface area contributed by atoms with Crippen molar-refractivity contribution in [1.82, 2.24) is 14.8 Å². The predicted octanol–water partition coefficient (Wildman–Crippen LogP) is 0.0449. The van der Waals surface area contributed by atoms with E-state index < -0.39 is 5.97 Å². The second-order valence-electron chi connectivity index (χ2n) is 3.48. The highest BCUT2D eigenvalue weighted by Crippen LogP contribution is 2.46. The van der Waals surface area contributed by atoms with Gasteiger partial charge in [-0.15, -0.1) is 10.2 Å². The Morgan fingerprint density at radius 1 is 1.64 bits per heavy atom. The van der Waals surface area contributed by atoms with E-state index in [4.69, 9.17) is 5.11 Å². The largest absolute Gasteiger partial charge is 0.481 e. The standard InChI is InChI=1S/C8H12N4O2/c1-9-8-11-10-6(12(8)2)4-3-5(4)7(13)14/h4-5H,3H2,1-2H3,(H,9,11)(H,13,14). The van der Waals surface area contributed by atoms with Crippen LogP contribution in [0.15, 0.2) is 0 Å². The number of aromatic nitrogens is 3. The van der Waals surface area contributed by atoms with Crippen molar-refractivity contribution in [3.63, 3.8) is 0 Å². The van der Waals surface area contributed by atoms with Crippen LogP contribution in [-0.2, 0) is 11.8 Å². The van der Waals surface area contributed by atoms with Gasteiger partial charge in [-0.25, -0.2) is 0 Å². The van der Waals surface area contributed by atoms with Crippen LogP contribution in [0.3, 0.4) is 0 Å². The van der Waals surface area contributed by atoms with E-state index in [1.807, 2.05) is 7.05 Å². The van der Waals surface area contributed by atoms with E-state index in [1.165, 1.54) is 0 Å². The highest BCUT2D eigenvalue weighted by molar-refractivity contribution is 5.74. The van der Waals surface area contributed by atoms with Gasteiger partial charge in [0.2, 0.25) is 5.95 Å². The molecular formula is C8H12N4O2. The normalized spacial score (nSPS) is 24.7. The molecule has 0 spiro atoms. The lowest BCUT2D eigenvalue weighted by molar-refractivity contribution is -0.138. The summed E-state index contributed by atoms with van der Waals surface area (Å²) in [7, 11) is 3.59. The number of carboxylic acid groups (broad SMARTS) is 1. The molecule has 6 heteroatoms. The molecule has 1 aromatic rings. The predicted molar refractivity (Wildman–Crippen MR) is 49.0 cm³/mol. The molecule has 0 saturated heterocycles. The molecule has 1 aromatic heterocycles. The molecule has 0 aliphatic heterocycles. The van der Waals surface area contributed by atoms with Crippen LogP contribution < -0.4 is 5.32 Å². The van der Waals surface area contributed by atoms with Crippen molar-refractivity contribution in [2.24, 2.45) is 13.0 Å². The molecule has 0 aromatic carbocycles. The first-order chi connectivity index (χ1) is 6.65. The Bertz CT molecular complexity index is 373. The fraction of sp³-hybridized carbons (Fsp3) is 0.625. The van der Waals surface area contributed by atoms with Crippen molar-refractivity contribution in [3.05, 3.63) is 5.82 Å². The smallest absolute Gasteiger partial charge is 0.307 e. The lowest BCUT2D eigenvalue weighted by Gasteiger charge is -2.00. The lowest BCUT2D eigenvalue weighted by Crippen LogP contribution is -2.04. The summed E-state index contributed by atoms with van der Waals surface area (Å²) in [5.74, 6) is 0.427. The van der Waals surface area contributed by atoms with Gasteiger partial charge in [-0.2, -0.15) is 0 Å². The Balaban J connectivity index is 2.19. The van der Waals surface area contributed by atoms with Crippen LogP contribution in [0.5, 0.6) is 0 Å². The zero-order valence-corrected chi connectivity index (χ0v) is 8.06. The molecule has 6 nitrogen and oxygen atoms in total. The minimum atomic E-state index is -0.746. The van der Waals surface area contributed by atoms with Gasteiger partial charge in [0.05, 0.1) is 5.92 Å². The molecule has 1 saturated carbocycles. The molecule has 1 aliphatic rings. The van der Waals surface area contributed by atoms with Crippen LogP contribution >= 0.6 is 0 Å². The third-order valence-corrected chi connectivity index (χ3v) is 2.57. The molecule has 0 radical (unpaired) electrons. The van der Waals surface area contributed by atoms with Gasteiger partial charge in [0, 0.05) is 20.0 Å². The Hall–Kier alpha value is -1.59. The first-order valence-corrected chi connectivity index (χ1v) is 4.45. The number of rotatable bonds is 3. The number of hydrogen-bond donors (Lipinski definition) is 2. The van der Waals surface area contributed by atoms with E-state index >= 15 is 0 Å². The van der Waals surface area contributed by atoms with Crippen LogP contribution in [0.4, 0.5) is 5.95 Å². The summed E-state index contributed by atoms with van der Waals surface area (Å²) >= 11 is 0. The molecule has 2 atom stereocenters. The van der Waals surface area contributed by atoms with Crippen molar-refractivity contribution >= 4 is 11.9 Å². The average molecular weight is 196 g/mol. The van der Waals surface area contributed by atoms with Gasteiger partial charge in [0.1, 0.15) is 5.82 Å². The van der Waals surface area contributed by atoms with Crippen molar-refractivity contribution in [2.45, 2.75) is 12.3 Å². The topological polar surface area (TPSA) is 80.0 Å². The highest BCUT2D eigenvalue weighted by Gasteiger charge is 2.47. The number of aliphatic carboxylic acids is 1. The summed E-state index contributed by atoms with van der Waals surface area (Å²) in [6, 6.07) is 0. The Kier molecular flexibility index (Phi) is 1.90. The Morgan fingerprint density at radius 2 is 2.36 bits per heavy atom. The van der Waals surface area contributed by atoms with Gasteiger partial charge in [-0.1, -0.05) is 0 Å². The van der Waals surface area contributed by atoms with E-state index in [2.05, 4.69) is 15.5 Å². The molecular weight excluding hydrogens is 184 g/mol. The Labute approximate surface area is 80.9 Å². The van der Waals surface area contributed by atoms with Crippen LogP contribution in [0.2, 0.25) is 0 Å². The molecule has 76 valence electrons. The molecule has 2 N–H and O–H groups in total. The van der Waals surface area contributed by atoms with Crippen molar-refractivity contribution in [1.29, 1.82) is 0 Å². The van der Waals surface area contributed by atoms with E-state index in [0.29, 0.717) is 12.4 Å². The molecule has 2 rings (SSSR count). The number of nitrogens with one attached hydrogen (secondary N) is 1. The lowest BCUT2D eigenvalue weighted by atomic mass is 10.3. The van der Waals surface area contributed by atoms with Gasteiger partial charge < -0.3 is 15.0 Å². The number of anilines is 1. The second-order valence-corrected chi connectivity index (χ2v) is 3.48. The summed E-state index contributed by atoms with van der Waals surface area (Å²) < 4.78 is 1.80. The SMILES string of the molecule is CNc1nnc(C2CC2C(=O)O)n1C. The molecule has 1 aliphatic carbocycles. The summed E-state index contributed by atoms with van der Waals surface area (Å²) in [5.41, 5.74) is 0. The summed E-state index contributed by atoms with van der Waals surface area (Å²) in [6.07, 6.45) is 0.672. The Morgan fingerprint density at radius 3 is 2.79 bits per heavy atom. The quantitative estimate of drug-likeness (QED) is 0.713. The minimum Gasteiger partial charge on any atom is -0.481 e. The number of carboxylic acids is 1. The van der Waals surface area contributed by atoms with E-state index in [1.54, 1.807) is 11.6 Å². The molecule has 1 heterocycles. The van der Waals surface area contributed by atoms with E-state index in [-0.39, 0.29) is 11.8 Å². The zero-order valence-electron chi connectivity index (χ0n) is 8.06. The van der Waals surface area contributed by atoms with Crippen LogP contribution in [-0.4, -0.2) is 32.9 Å². The summed E-state index contributed by atoms with van der Waals surface area (Å²) in [4.78, 5) is 10.7. The molecule has 0 bridgehead atoms. The fourth-order valence-corrected chi connectivity index (χ4v) is 1.64. The number of hydrogen-bond acceptors (Lipinski definition) is 4. The first-order valence-electron chi connectivity index (χ1n) is 4.45. The maximum atomic E-state index is 10.7. The van der Waals surface area contributed by atoms with Gasteiger partial charge >= 0.3 is 5.97 Å². The fourth-order valence-electron chi connectivity index (χ4n) is 1.64. The minimum absolute atomic E-state index is 0.0344. The van der Waals surface area contributed by atoms with Crippen LogP contribution in [0, 0.1) is 5.92 Å². The third kappa shape index (κ3) is 1.23. The molecule has 2 unspecified atom stereocenters. The maximum absolute atomic E-state index is 10.7. The molecule has 1 fully saturated rings. The number of carbonyl (C=O) groups is 1. The van der Waals surface area contributed by atoms with E-state index in [0.717, 1.165) is 5.82 Å². The summed E-state index contributed by atoms with van der Waals surface area (Å²) in [5, 5.41) is 19.5. The number of nitrogens with zero attached hydrogens (tertiary/aromatic N) is 3. The van der Waals surface area contributed by atoms with E-state index in [9.17, 15) is 4.79 Å². The first kappa shape index (κ1) is 8.98. The van der Waals surface area contributed by atoms with Crippen molar-refractivity contribution in [3.8, 4) is 0 Å². The third-order valence-electron chi connectivity index (χ3n) is 2.57.